The first-order valence-electron chi connectivity index (χ1n) is 5.42. The van der Waals surface area contributed by atoms with Crippen LogP contribution in [-0.4, -0.2) is 26.4 Å². The summed E-state index contributed by atoms with van der Waals surface area (Å²) in [4.78, 5) is 16.0. The summed E-state index contributed by atoms with van der Waals surface area (Å²) in [5.41, 5.74) is 1.06. The zero-order valence-corrected chi connectivity index (χ0v) is 12.2. The fourth-order valence-corrected chi connectivity index (χ4v) is 2.17. The van der Waals surface area contributed by atoms with Crippen molar-refractivity contribution < 1.29 is 4.74 Å². The number of rotatable bonds is 3. The van der Waals surface area contributed by atoms with Crippen molar-refractivity contribution in [1.29, 1.82) is 0 Å². The Labute approximate surface area is 119 Å². The van der Waals surface area contributed by atoms with E-state index in [0.29, 0.717) is 16.4 Å². The van der Waals surface area contributed by atoms with Gasteiger partial charge in [-0.1, -0.05) is 23.2 Å². The van der Waals surface area contributed by atoms with E-state index in [9.17, 15) is 4.79 Å². The minimum Gasteiger partial charge on any atom is -0.489 e. The lowest BCUT2D eigenvalue weighted by Gasteiger charge is -2.08. The molecule has 2 heterocycles. The van der Waals surface area contributed by atoms with Gasteiger partial charge in [0.2, 0.25) is 5.75 Å². The van der Waals surface area contributed by atoms with Crippen LogP contribution in [0.25, 0.3) is 0 Å². The largest absolute Gasteiger partial charge is 0.489 e. The van der Waals surface area contributed by atoms with E-state index in [2.05, 4.69) is 10.1 Å². The van der Waals surface area contributed by atoms with Crippen molar-refractivity contribution in [3.05, 3.63) is 38.2 Å². The predicted octanol–water partition coefficient (Wildman–Crippen LogP) is 1.65. The molecule has 6 nitrogen and oxygen atoms in total. The highest BCUT2D eigenvalue weighted by atomic mass is 35.5. The molecule has 0 aliphatic heterocycles. The predicted molar refractivity (Wildman–Crippen MR) is 72.1 cm³/mol. The highest BCUT2D eigenvalue weighted by Gasteiger charge is 2.15. The number of aryl methyl sites for hydroxylation is 2. The second kappa shape index (κ2) is 5.22. The molecule has 0 bridgehead atoms. The molecule has 0 amide bonds. The number of ether oxygens (including phenoxy) is 1. The van der Waals surface area contributed by atoms with Crippen molar-refractivity contribution in [2.75, 3.05) is 7.11 Å². The topological polar surface area (TPSA) is 61.9 Å². The molecule has 0 spiro atoms. The number of hydrogen-bond acceptors (Lipinski definition) is 4. The summed E-state index contributed by atoms with van der Waals surface area (Å²) in [7, 11) is 3.13. The smallest absolute Gasteiger partial charge is 0.297 e. The van der Waals surface area contributed by atoms with E-state index in [1.807, 2.05) is 0 Å². The van der Waals surface area contributed by atoms with Gasteiger partial charge < -0.3 is 4.74 Å². The molecule has 0 saturated heterocycles. The Hall–Kier alpha value is -1.53. The Balaban J connectivity index is 2.47. The normalized spacial score (nSPS) is 10.8. The fraction of sp³-hybridized carbons (Fsp3) is 0.364. The van der Waals surface area contributed by atoms with Crippen LogP contribution in [0, 0.1) is 6.92 Å². The van der Waals surface area contributed by atoms with Gasteiger partial charge in [0.15, 0.2) is 5.15 Å². The Bertz CT molecular complexity index is 678. The lowest BCUT2D eigenvalue weighted by atomic mass is 10.3. The Morgan fingerprint density at radius 2 is 2.11 bits per heavy atom. The molecule has 2 rings (SSSR count). The third kappa shape index (κ3) is 2.46. The molecule has 0 fully saturated rings. The van der Waals surface area contributed by atoms with Crippen LogP contribution in [0.4, 0.5) is 0 Å². The van der Waals surface area contributed by atoms with Crippen molar-refractivity contribution in [2.24, 2.45) is 7.05 Å². The maximum absolute atomic E-state index is 12.1. The van der Waals surface area contributed by atoms with Gasteiger partial charge in [-0.05, 0) is 6.92 Å². The van der Waals surface area contributed by atoms with Gasteiger partial charge in [-0.25, -0.2) is 4.98 Å². The molecule has 0 unspecified atom stereocenters. The molecule has 19 heavy (non-hydrogen) atoms. The highest BCUT2D eigenvalue weighted by molar-refractivity contribution is 6.32. The van der Waals surface area contributed by atoms with Crippen molar-refractivity contribution >= 4 is 23.2 Å². The second-order valence-corrected chi connectivity index (χ2v) is 4.71. The van der Waals surface area contributed by atoms with E-state index in [1.54, 1.807) is 18.7 Å². The number of hydrogen-bond donors (Lipinski definition) is 0. The van der Waals surface area contributed by atoms with Gasteiger partial charge in [-0.15, -0.1) is 0 Å². The SMILES string of the molecule is COc1c(Cl)ncn(Cc2c(Cl)c(C)nn2C)c1=O. The summed E-state index contributed by atoms with van der Waals surface area (Å²) in [5.74, 6) is 0.0131. The molecule has 0 atom stereocenters. The number of aromatic nitrogens is 4. The summed E-state index contributed by atoms with van der Waals surface area (Å²) in [6.07, 6.45) is 1.35. The van der Waals surface area contributed by atoms with Crippen molar-refractivity contribution in [1.82, 2.24) is 19.3 Å². The summed E-state index contributed by atoms with van der Waals surface area (Å²) >= 11 is 11.9. The molecular weight excluding hydrogens is 291 g/mol. The lowest BCUT2D eigenvalue weighted by molar-refractivity contribution is 0.400. The van der Waals surface area contributed by atoms with Crippen LogP contribution in [0.3, 0.4) is 0 Å². The van der Waals surface area contributed by atoms with E-state index in [1.165, 1.54) is 18.0 Å². The Kier molecular flexibility index (Phi) is 3.82. The van der Waals surface area contributed by atoms with Crippen LogP contribution >= 0.6 is 23.2 Å². The Morgan fingerprint density at radius 3 is 2.63 bits per heavy atom. The molecule has 0 aliphatic carbocycles. The second-order valence-electron chi connectivity index (χ2n) is 3.97. The molecule has 102 valence electrons. The standard InChI is InChI=1S/C11H12Cl2N4O2/c1-6-8(12)7(16(2)15-6)4-17-5-14-10(13)9(19-3)11(17)18/h5H,4H2,1-3H3. The summed E-state index contributed by atoms with van der Waals surface area (Å²) in [6.45, 7) is 2.05. The number of methoxy groups -OCH3 is 1. The zero-order chi connectivity index (χ0) is 14.2. The monoisotopic (exact) mass is 302 g/mol. The summed E-state index contributed by atoms with van der Waals surface area (Å²) in [5, 5.41) is 4.76. The average molecular weight is 303 g/mol. The van der Waals surface area contributed by atoms with Gasteiger partial charge in [0.25, 0.3) is 5.56 Å². The third-order valence-corrected chi connectivity index (χ3v) is 3.50. The van der Waals surface area contributed by atoms with E-state index in [4.69, 9.17) is 27.9 Å². The number of nitrogens with zero attached hydrogens (tertiary/aromatic N) is 4. The minimum absolute atomic E-state index is 0.0131. The highest BCUT2D eigenvalue weighted by Crippen LogP contribution is 2.21. The van der Waals surface area contributed by atoms with Crippen LogP contribution in [0.5, 0.6) is 5.75 Å². The van der Waals surface area contributed by atoms with Gasteiger partial charge in [-0.3, -0.25) is 14.0 Å². The molecular formula is C11H12Cl2N4O2. The molecule has 8 heteroatoms. The quantitative estimate of drug-likeness (QED) is 0.809. The maximum atomic E-state index is 12.1. The van der Waals surface area contributed by atoms with E-state index < -0.39 is 0 Å². The van der Waals surface area contributed by atoms with Gasteiger partial charge in [0.1, 0.15) is 0 Å². The van der Waals surface area contributed by atoms with E-state index in [0.717, 1.165) is 0 Å². The zero-order valence-electron chi connectivity index (χ0n) is 10.6. The van der Waals surface area contributed by atoms with Crippen LogP contribution in [0.1, 0.15) is 11.4 Å². The van der Waals surface area contributed by atoms with Crippen LogP contribution in [0.2, 0.25) is 10.2 Å². The molecule has 0 radical (unpaired) electrons. The fourth-order valence-electron chi connectivity index (χ4n) is 1.75. The van der Waals surface area contributed by atoms with Gasteiger partial charge in [-0.2, -0.15) is 5.10 Å². The van der Waals surface area contributed by atoms with Crippen molar-refractivity contribution in [3.8, 4) is 5.75 Å². The Morgan fingerprint density at radius 1 is 1.42 bits per heavy atom. The molecule has 0 aromatic carbocycles. The minimum atomic E-state index is -0.364. The van der Waals surface area contributed by atoms with E-state index >= 15 is 0 Å². The molecule has 0 N–H and O–H groups in total. The van der Waals surface area contributed by atoms with Crippen LogP contribution < -0.4 is 10.3 Å². The maximum Gasteiger partial charge on any atom is 0.297 e. The van der Waals surface area contributed by atoms with Crippen molar-refractivity contribution in [3.63, 3.8) is 0 Å². The summed E-state index contributed by atoms with van der Waals surface area (Å²) in [6, 6.07) is 0. The first kappa shape index (κ1) is 13.9. The van der Waals surface area contributed by atoms with Crippen LogP contribution in [0.15, 0.2) is 11.1 Å². The first-order chi connectivity index (χ1) is 8.95. The molecule has 0 saturated carbocycles. The molecule has 2 aromatic rings. The van der Waals surface area contributed by atoms with Crippen LogP contribution in [-0.2, 0) is 13.6 Å². The van der Waals surface area contributed by atoms with Gasteiger partial charge in [0, 0.05) is 7.05 Å². The number of halogens is 2. The lowest BCUT2D eigenvalue weighted by Crippen LogP contribution is -2.23. The van der Waals surface area contributed by atoms with Crippen molar-refractivity contribution in [2.45, 2.75) is 13.5 Å². The first-order valence-corrected chi connectivity index (χ1v) is 6.18. The van der Waals surface area contributed by atoms with Gasteiger partial charge >= 0.3 is 0 Å². The molecule has 2 aromatic heterocycles. The third-order valence-electron chi connectivity index (χ3n) is 2.74. The summed E-state index contributed by atoms with van der Waals surface area (Å²) < 4.78 is 7.93. The average Bonchev–Trinajstić information content (AvgIpc) is 2.59. The molecule has 0 aliphatic rings. The van der Waals surface area contributed by atoms with E-state index in [-0.39, 0.29) is 23.0 Å². The van der Waals surface area contributed by atoms with Gasteiger partial charge in [0.05, 0.1) is 36.4 Å².